The van der Waals surface area contributed by atoms with E-state index in [9.17, 15) is 0 Å². The second-order valence-electron chi connectivity index (χ2n) is 3.78. The lowest BCUT2D eigenvalue weighted by Gasteiger charge is -2.30. The Morgan fingerprint density at radius 2 is 2.17 bits per heavy atom. The molecule has 2 atom stereocenters. The van der Waals surface area contributed by atoms with Crippen LogP contribution in [0.5, 0.6) is 0 Å². The molecule has 0 saturated carbocycles. The number of methoxy groups -OCH3 is 1. The quantitative estimate of drug-likeness (QED) is 0.682. The number of hydrogen-bond donors (Lipinski definition) is 1. The first-order valence-electron chi connectivity index (χ1n) is 4.59. The van der Waals surface area contributed by atoms with Gasteiger partial charge in [-0.15, -0.1) is 0 Å². The van der Waals surface area contributed by atoms with E-state index < -0.39 is 0 Å². The van der Waals surface area contributed by atoms with Gasteiger partial charge in [-0.25, -0.2) is 0 Å². The van der Waals surface area contributed by atoms with Crippen LogP contribution in [0.2, 0.25) is 0 Å². The van der Waals surface area contributed by atoms with E-state index in [1.807, 2.05) is 0 Å². The highest BCUT2D eigenvalue weighted by atomic mass is 16.5. The van der Waals surface area contributed by atoms with Crippen molar-refractivity contribution in [1.29, 1.82) is 0 Å². The second-order valence-corrected chi connectivity index (χ2v) is 3.78. The van der Waals surface area contributed by atoms with Gasteiger partial charge in [0, 0.05) is 18.8 Å². The highest BCUT2D eigenvalue weighted by Gasteiger charge is 2.20. The van der Waals surface area contributed by atoms with Crippen LogP contribution in [0.4, 0.5) is 0 Å². The maximum absolute atomic E-state index is 5.14. The van der Waals surface area contributed by atoms with Gasteiger partial charge in [-0.1, -0.05) is 6.92 Å². The Kier molecular flexibility index (Phi) is 3.15. The molecule has 2 unspecified atom stereocenters. The van der Waals surface area contributed by atoms with Gasteiger partial charge >= 0.3 is 0 Å². The largest absolute Gasteiger partial charge is 0.386 e. The van der Waals surface area contributed by atoms with Crippen LogP contribution in [-0.4, -0.2) is 19.8 Å². The normalized spacial score (nSPS) is 30.3. The number of nitrogens with one attached hydrogen (secondary N) is 1. The van der Waals surface area contributed by atoms with Gasteiger partial charge < -0.3 is 10.1 Å². The summed E-state index contributed by atoms with van der Waals surface area (Å²) < 4.78 is 5.14. The molecule has 0 spiro atoms. The number of ether oxygens (including phenoxy) is 1. The fourth-order valence-corrected chi connectivity index (χ4v) is 1.65. The molecule has 0 saturated heterocycles. The SMILES string of the molecule is COCC1=C(C)NC(C)C(C)C1. The summed E-state index contributed by atoms with van der Waals surface area (Å²) in [4.78, 5) is 0. The molecule has 0 fully saturated rings. The van der Waals surface area contributed by atoms with Crippen molar-refractivity contribution in [3.05, 3.63) is 11.3 Å². The number of rotatable bonds is 2. The van der Waals surface area contributed by atoms with Crippen molar-refractivity contribution in [2.24, 2.45) is 5.92 Å². The summed E-state index contributed by atoms with van der Waals surface area (Å²) in [5.74, 6) is 0.721. The van der Waals surface area contributed by atoms with Gasteiger partial charge in [0.05, 0.1) is 6.61 Å². The summed E-state index contributed by atoms with van der Waals surface area (Å²) in [6.07, 6.45) is 1.17. The van der Waals surface area contributed by atoms with Crippen LogP contribution in [0.1, 0.15) is 27.2 Å². The fourth-order valence-electron chi connectivity index (χ4n) is 1.65. The Bertz CT molecular complexity index is 186. The van der Waals surface area contributed by atoms with Crippen LogP contribution in [0.3, 0.4) is 0 Å². The molecule has 12 heavy (non-hydrogen) atoms. The van der Waals surface area contributed by atoms with Crippen LogP contribution in [0, 0.1) is 5.92 Å². The molecule has 1 heterocycles. The summed E-state index contributed by atoms with van der Waals surface area (Å²) in [6, 6.07) is 0.602. The molecule has 2 nitrogen and oxygen atoms in total. The van der Waals surface area contributed by atoms with Crippen LogP contribution >= 0.6 is 0 Å². The van der Waals surface area contributed by atoms with Crippen molar-refractivity contribution in [1.82, 2.24) is 5.32 Å². The van der Waals surface area contributed by atoms with Crippen molar-refractivity contribution in [3.8, 4) is 0 Å². The van der Waals surface area contributed by atoms with Crippen LogP contribution in [0.15, 0.2) is 11.3 Å². The molecule has 1 aliphatic rings. The average molecular weight is 169 g/mol. The minimum Gasteiger partial charge on any atom is -0.386 e. The third-order valence-electron chi connectivity index (χ3n) is 2.72. The zero-order valence-electron chi connectivity index (χ0n) is 8.48. The van der Waals surface area contributed by atoms with Crippen molar-refractivity contribution in [2.75, 3.05) is 13.7 Å². The molecule has 1 N–H and O–H groups in total. The summed E-state index contributed by atoms with van der Waals surface area (Å²) in [6.45, 7) is 7.42. The lowest BCUT2D eigenvalue weighted by molar-refractivity contribution is 0.212. The molecule has 2 heteroatoms. The Morgan fingerprint density at radius 3 is 2.75 bits per heavy atom. The van der Waals surface area contributed by atoms with Gasteiger partial charge in [0.2, 0.25) is 0 Å². The predicted octanol–water partition coefficient (Wildman–Crippen LogP) is 1.92. The molecule has 0 aliphatic carbocycles. The molecule has 1 aliphatic heterocycles. The molecule has 1 rings (SSSR count). The first kappa shape index (κ1) is 9.59. The minimum atomic E-state index is 0.602. The Hall–Kier alpha value is -0.500. The van der Waals surface area contributed by atoms with Crippen molar-refractivity contribution >= 4 is 0 Å². The molecule has 0 amide bonds. The first-order valence-corrected chi connectivity index (χ1v) is 4.59. The molecule has 0 aromatic rings. The molecular weight excluding hydrogens is 150 g/mol. The fraction of sp³-hybridized carbons (Fsp3) is 0.800. The van der Waals surface area contributed by atoms with E-state index in [0.29, 0.717) is 6.04 Å². The van der Waals surface area contributed by atoms with Gasteiger partial charge in [-0.2, -0.15) is 0 Å². The van der Waals surface area contributed by atoms with Crippen molar-refractivity contribution in [3.63, 3.8) is 0 Å². The summed E-state index contributed by atoms with van der Waals surface area (Å²) in [5, 5.41) is 3.46. The zero-order chi connectivity index (χ0) is 9.14. The van der Waals surface area contributed by atoms with E-state index >= 15 is 0 Å². The van der Waals surface area contributed by atoms with E-state index in [1.54, 1.807) is 7.11 Å². The van der Waals surface area contributed by atoms with E-state index in [2.05, 4.69) is 26.1 Å². The second kappa shape index (κ2) is 3.94. The van der Waals surface area contributed by atoms with Gasteiger partial charge in [0.15, 0.2) is 0 Å². The maximum atomic E-state index is 5.14. The van der Waals surface area contributed by atoms with E-state index in [-0.39, 0.29) is 0 Å². The van der Waals surface area contributed by atoms with Crippen molar-refractivity contribution < 1.29 is 4.74 Å². The minimum absolute atomic E-state index is 0.602. The third kappa shape index (κ3) is 2.01. The number of allylic oxidation sites excluding steroid dienone is 1. The highest BCUT2D eigenvalue weighted by Crippen LogP contribution is 2.23. The summed E-state index contributed by atoms with van der Waals surface area (Å²) in [7, 11) is 1.75. The summed E-state index contributed by atoms with van der Waals surface area (Å²) >= 11 is 0. The molecule has 0 bridgehead atoms. The van der Waals surface area contributed by atoms with Crippen LogP contribution < -0.4 is 5.32 Å². The lowest BCUT2D eigenvalue weighted by Crippen LogP contribution is -2.36. The molecule has 0 aromatic carbocycles. The van der Waals surface area contributed by atoms with Gasteiger partial charge in [-0.3, -0.25) is 0 Å². The average Bonchev–Trinajstić information content (AvgIpc) is 2.01. The van der Waals surface area contributed by atoms with Gasteiger partial charge in [-0.05, 0) is 31.8 Å². The monoisotopic (exact) mass is 169 g/mol. The van der Waals surface area contributed by atoms with Crippen molar-refractivity contribution in [2.45, 2.75) is 33.2 Å². The molecular formula is C10H19NO. The number of hydrogen-bond acceptors (Lipinski definition) is 2. The van der Waals surface area contributed by atoms with Gasteiger partial charge in [0.25, 0.3) is 0 Å². The molecule has 70 valence electrons. The Morgan fingerprint density at radius 1 is 1.50 bits per heavy atom. The Balaban J connectivity index is 2.64. The smallest absolute Gasteiger partial charge is 0.0692 e. The van der Waals surface area contributed by atoms with Crippen LogP contribution in [0.25, 0.3) is 0 Å². The summed E-state index contributed by atoms with van der Waals surface area (Å²) in [5.41, 5.74) is 2.73. The van der Waals surface area contributed by atoms with E-state index in [1.165, 1.54) is 17.7 Å². The maximum Gasteiger partial charge on any atom is 0.0692 e. The van der Waals surface area contributed by atoms with Gasteiger partial charge in [0.1, 0.15) is 0 Å². The molecule has 0 aromatic heterocycles. The highest BCUT2D eigenvalue weighted by molar-refractivity contribution is 5.16. The standard InChI is InChI=1S/C10H19NO/c1-7-5-10(6-12-4)9(3)11-8(7)2/h7-8,11H,5-6H2,1-4H3. The molecule has 0 radical (unpaired) electrons. The third-order valence-corrected chi connectivity index (χ3v) is 2.72. The first-order chi connectivity index (χ1) is 5.65. The van der Waals surface area contributed by atoms with E-state index in [0.717, 1.165) is 12.5 Å². The zero-order valence-corrected chi connectivity index (χ0v) is 8.48. The predicted molar refractivity (Wildman–Crippen MR) is 51.0 cm³/mol. The van der Waals surface area contributed by atoms with Crippen LogP contribution in [-0.2, 0) is 4.74 Å². The van der Waals surface area contributed by atoms with E-state index in [4.69, 9.17) is 4.74 Å². The lowest BCUT2D eigenvalue weighted by atomic mass is 9.90. The Labute approximate surface area is 75.0 Å². The topological polar surface area (TPSA) is 21.3 Å².